The number of nitrogens with zero attached hydrogens (tertiary/aromatic N) is 1. The van der Waals surface area contributed by atoms with E-state index in [1.54, 1.807) is 0 Å². The highest BCUT2D eigenvalue weighted by molar-refractivity contribution is 7.45. The van der Waals surface area contributed by atoms with Gasteiger partial charge in [-0.2, -0.15) is 0 Å². The number of nitrogens with one attached hydrogen (secondary N) is 1. The molecule has 0 fully saturated rings. The topological polar surface area (TPSA) is 128 Å². The summed E-state index contributed by atoms with van der Waals surface area (Å²) in [4.78, 5) is 25.5. The van der Waals surface area contributed by atoms with Crippen molar-refractivity contribution in [1.29, 1.82) is 0 Å². The lowest BCUT2D eigenvalue weighted by atomic mass is 10.0. The van der Waals surface area contributed by atoms with E-state index in [1.807, 2.05) is 21.1 Å². The Kier molecular flexibility index (Phi) is 49.6. The van der Waals surface area contributed by atoms with Crippen molar-refractivity contribution >= 4 is 13.7 Å². The molecule has 0 saturated carbocycles. The standard InChI is InChI=1S/C63H107N2O7P/c1-6-8-10-12-14-16-18-20-21-22-23-24-25-26-27-28-29-30-31-32-33-34-35-36-37-38-39-40-41-42-43-44-46-48-50-52-54-56-62(67)64-60(59-72-73(69,70)71-58-57-65(3,4)5)63(68)61(66)55-53-51-49-47-45-19-17-15-13-11-9-7-2/h8,10,14-17,20-21,23-24,26-27,29-30,32-33,35-36,38-39,47,49,60-61,63,66,68H,6-7,9,11-13,18-19,22,25,28,31,34,37,40-46,48,50-59H2,1-5H3,(H-,64,67,69,70)/b10-8-,16-14-,17-15+,21-20-,24-23-,27-26-,30-29-,33-32-,36-35-,39-38-,49-47+. The maximum absolute atomic E-state index is 13.0. The Morgan fingerprint density at radius 3 is 1.32 bits per heavy atom. The molecule has 10 heteroatoms. The normalized spacial score (nSPS) is 15.3. The van der Waals surface area contributed by atoms with Gasteiger partial charge in [0.1, 0.15) is 19.3 Å². The maximum Gasteiger partial charge on any atom is 0.268 e. The lowest BCUT2D eigenvalue weighted by Gasteiger charge is -2.31. The van der Waals surface area contributed by atoms with Gasteiger partial charge in [0, 0.05) is 6.42 Å². The Labute approximate surface area is 448 Å². The Balaban J connectivity index is 4.22. The van der Waals surface area contributed by atoms with E-state index in [-0.39, 0.29) is 18.9 Å². The number of phosphoric acid groups is 1. The number of allylic oxidation sites excluding steroid dienone is 22. The molecule has 73 heavy (non-hydrogen) atoms. The number of carbonyl (C=O) groups excluding carboxylic acids is 1. The van der Waals surface area contributed by atoms with E-state index in [4.69, 9.17) is 9.05 Å². The van der Waals surface area contributed by atoms with Crippen LogP contribution < -0.4 is 10.2 Å². The number of hydrogen-bond acceptors (Lipinski definition) is 7. The summed E-state index contributed by atoms with van der Waals surface area (Å²) >= 11 is 0. The number of aliphatic hydroxyl groups is 2. The summed E-state index contributed by atoms with van der Waals surface area (Å²) in [5.41, 5.74) is 0. The highest BCUT2D eigenvalue weighted by Crippen LogP contribution is 2.38. The van der Waals surface area contributed by atoms with Crippen LogP contribution in [0.25, 0.3) is 0 Å². The second-order valence-electron chi connectivity index (χ2n) is 20.0. The summed E-state index contributed by atoms with van der Waals surface area (Å²) in [6.07, 6.45) is 75.2. The van der Waals surface area contributed by atoms with E-state index in [0.717, 1.165) is 109 Å². The first kappa shape index (κ1) is 69.6. The van der Waals surface area contributed by atoms with Crippen LogP contribution in [0.5, 0.6) is 0 Å². The van der Waals surface area contributed by atoms with Gasteiger partial charge >= 0.3 is 0 Å². The first-order chi connectivity index (χ1) is 35.4. The fraction of sp³-hybridized carbons (Fsp3) is 0.635. The van der Waals surface area contributed by atoms with Gasteiger partial charge in [-0.1, -0.05) is 205 Å². The molecule has 0 saturated heterocycles. The number of unbranched alkanes of at least 4 members (excludes halogenated alkanes) is 14. The van der Waals surface area contributed by atoms with Crippen LogP contribution in [-0.2, 0) is 18.4 Å². The van der Waals surface area contributed by atoms with Gasteiger partial charge in [0.15, 0.2) is 0 Å². The number of aliphatic hydroxyl groups excluding tert-OH is 2. The van der Waals surface area contributed by atoms with Crippen LogP contribution in [-0.4, -0.2) is 79.8 Å². The molecule has 0 rings (SSSR count). The summed E-state index contributed by atoms with van der Waals surface area (Å²) in [7, 11) is 1.07. The van der Waals surface area contributed by atoms with E-state index >= 15 is 0 Å². The number of hydrogen-bond donors (Lipinski definition) is 3. The fourth-order valence-electron chi connectivity index (χ4n) is 7.44. The number of phosphoric ester groups is 1. The van der Waals surface area contributed by atoms with Crippen LogP contribution in [0.4, 0.5) is 0 Å². The van der Waals surface area contributed by atoms with E-state index in [0.29, 0.717) is 30.3 Å². The van der Waals surface area contributed by atoms with Crippen molar-refractivity contribution in [3.8, 4) is 0 Å². The molecule has 0 heterocycles. The summed E-state index contributed by atoms with van der Waals surface area (Å²) in [6, 6.07) is -1.11. The van der Waals surface area contributed by atoms with E-state index in [1.165, 1.54) is 51.4 Å². The third kappa shape index (κ3) is 53.2. The summed E-state index contributed by atoms with van der Waals surface area (Å²) < 4.78 is 23.2. The average molecular weight is 1040 g/mol. The smallest absolute Gasteiger partial charge is 0.268 e. The molecule has 0 aromatic carbocycles. The Morgan fingerprint density at radius 1 is 0.507 bits per heavy atom. The second-order valence-corrected chi connectivity index (χ2v) is 21.4. The van der Waals surface area contributed by atoms with Crippen LogP contribution in [0.2, 0.25) is 0 Å². The van der Waals surface area contributed by atoms with Crippen molar-refractivity contribution in [3.05, 3.63) is 134 Å². The van der Waals surface area contributed by atoms with Gasteiger partial charge in [0.2, 0.25) is 5.91 Å². The summed E-state index contributed by atoms with van der Waals surface area (Å²) in [5.74, 6) is -0.306. The zero-order valence-electron chi connectivity index (χ0n) is 46.9. The zero-order chi connectivity index (χ0) is 53.6. The van der Waals surface area contributed by atoms with Gasteiger partial charge in [-0.05, 0) is 122 Å². The number of quaternary nitrogens is 1. The fourth-order valence-corrected chi connectivity index (χ4v) is 8.16. The van der Waals surface area contributed by atoms with E-state index < -0.39 is 32.7 Å². The molecule has 0 radical (unpaired) electrons. The molecule has 0 aromatic rings. The van der Waals surface area contributed by atoms with Gasteiger partial charge < -0.3 is 34.0 Å². The molecule has 9 nitrogen and oxygen atoms in total. The highest BCUT2D eigenvalue weighted by Gasteiger charge is 2.29. The average Bonchev–Trinajstić information content (AvgIpc) is 3.35. The van der Waals surface area contributed by atoms with Crippen molar-refractivity contribution in [2.45, 2.75) is 218 Å². The monoisotopic (exact) mass is 1030 g/mol. The Hall–Kier alpha value is -3.40. The molecule has 0 spiro atoms. The van der Waals surface area contributed by atoms with E-state index in [9.17, 15) is 24.5 Å². The molecule has 0 aliphatic rings. The lowest BCUT2D eigenvalue weighted by molar-refractivity contribution is -0.870. The number of rotatable bonds is 50. The van der Waals surface area contributed by atoms with Gasteiger partial charge in [-0.25, -0.2) is 0 Å². The largest absolute Gasteiger partial charge is 0.756 e. The van der Waals surface area contributed by atoms with E-state index in [2.05, 4.69) is 153 Å². The van der Waals surface area contributed by atoms with Crippen LogP contribution >= 0.6 is 7.82 Å². The van der Waals surface area contributed by atoms with Gasteiger partial charge in [0.25, 0.3) is 7.82 Å². The Bertz CT molecular complexity index is 1660. The molecular formula is C63H107N2O7P. The van der Waals surface area contributed by atoms with Crippen LogP contribution in [0.3, 0.4) is 0 Å². The third-order valence-corrected chi connectivity index (χ3v) is 12.9. The molecule has 0 aliphatic carbocycles. The van der Waals surface area contributed by atoms with Crippen molar-refractivity contribution in [3.63, 3.8) is 0 Å². The SMILES string of the molecule is CC/C=C\C/C=C\C/C=C\C/C=C\C/C=C\C/C=C\C/C=C\C/C=C\C/C=C\CCCCCCCCCCCC(=O)NC(COP(=O)([O-])OCC[N+](C)(C)C)C(O)C(O)CCC/C=C/CC/C=C/CCCCC. The highest BCUT2D eigenvalue weighted by atomic mass is 31.2. The minimum Gasteiger partial charge on any atom is -0.756 e. The predicted octanol–water partition coefficient (Wildman–Crippen LogP) is 15.9. The van der Waals surface area contributed by atoms with Crippen LogP contribution in [0.15, 0.2) is 134 Å². The molecule has 416 valence electrons. The molecule has 3 N–H and O–H groups in total. The second kappa shape index (κ2) is 52.1. The van der Waals surface area contributed by atoms with Gasteiger partial charge in [-0.15, -0.1) is 0 Å². The van der Waals surface area contributed by atoms with Crippen molar-refractivity contribution in [2.24, 2.45) is 0 Å². The quantitative estimate of drug-likeness (QED) is 0.0240. The summed E-state index contributed by atoms with van der Waals surface area (Å²) in [5, 5.41) is 24.7. The zero-order valence-corrected chi connectivity index (χ0v) is 47.8. The molecule has 1 amide bonds. The van der Waals surface area contributed by atoms with Crippen LogP contribution in [0, 0.1) is 0 Å². The van der Waals surface area contributed by atoms with Crippen molar-refractivity contribution < 1.29 is 38.0 Å². The summed E-state index contributed by atoms with van der Waals surface area (Å²) in [6.45, 7) is 4.23. The molecule has 0 aromatic heterocycles. The molecular weight excluding hydrogens is 928 g/mol. The van der Waals surface area contributed by atoms with Gasteiger partial charge in [-0.3, -0.25) is 9.36 Å². The first-order valence-electron chi connectivity index (χ1n) is 28.6. The van der Waals surface area contributed by atoms with Crippen molar-refractivity contribution in [2.75, 3.05) is 40.9 Å². The number of amides is 1. The molecule has 0 bridgehead atoms. The van der Waals surface area contributed by atoms with Gasteiger partial charge in [0.05, 0.1) is 39.9 Å². The first-order valence-corrected chi connectivity index (χ1v) is 30.1. The molecule has 0 aliphatic heterocycles. The molecule has 4 unspecified atom stereocenters. The number of likely N-dealkylation sites (N-methyl/N-ethyl adjacent to an activating group) is 1. The third-order valence-electron chi connectivity index (χ3n) is 11.9. The maximum atomic E-state index is 13.0. The number of carbonyl (C=O) groups is 1. The van der Waals surface area contributed by atoms with Crippen molar-refractivity contribution in [1.82, 2.24) is 5.32 Å². The minimum absolute atomic E-state index is 0.0569. The Morgan fingerprint density at radius 2 is 0.877 bits per heavy atom. The lowest BCUT2D eigenvalue weighted by Crippen LogP contribution is -2.51. The predicted molar refractivity (Wildman–Crippen MR) is 312 cm³/mol. The molecule has 4 atom stereocenters. The van der Waals surface area contributed by atoms with Crippen LogP contribution in [0.1, 0.15) is 200 Å². The minimum atomic E-state index is -4.69.